The molecular weight excluding hydrogens is 598 g/mol. The van der Waals surface area contributed by atoms with Crippen LogP contribution >= 0.6 is 11.6 Å². The molecule has 5 heterocycles. The summed E-state index contributed by atoms with van der Waals surface area (Å²) in [6, 6.07) is 9.75. The lowest BCUT2D eigenvalue weighted by atomic mass is 9.68. The van der Waals surface area contributed by atoms with Gasteiger partial charge >= 0.3 is 0 Å². The predicted molar refractivity (Wildman–Crippen MR) is 173 cm³/mol. The van der Waals surface area contributed by atoms with Crippen molar-refractivity contribution < 1.29 is 23.8 Å². The standard InChI is InChI=1S/C32H38ClN5O4.CH2O2/c1-21-20-38(15-12-32(21,2)24-18-22(33)19-34-31(24)40)27(39)10-7-16-41-17-11-26-35-28-23-8-3-4-9-25(23)42-29(28)30(36-26)37-13-5-6-14-37;2-1-3/h3-4,8-9,18-19,21H,5-7,10-17,20H2,1-2H3,(H,34,40);1H,(H,2,3)/t21?,32-;/m0./s1. The van der Waals surface area contributed by atoms with Gasteiger partial charge in [-0.15, -0.1) is 0 Å². The Morgan fingerprint density at radius 3 is 2.73 bits per heavy atom. The Morgan fingerprint density at radius 1 is 1.22 bits per heavy atom. The minimum absolute atomic E-state index is 0.110. The molecular formula is C33H40ClN5O6. The molecule has 2 N–H and O–H groups in total. The molecule has 11 nitrogen and oxygen atoms in total. The van der Waals surface area contributed by atoms with Crippen molar-refractivity contribution in [2.24, 2.45) is 5.92 Å². The highest BCUT2D eigenvalue weighted by atomic mass is 35.5. The molecule has 2 aliphatic heterocycles. The van der Waals surface area contributed by atoms with Gasteiger partial charge in [-0.1, -0.05) is 37.6 Å². The van der Waals surface area contributed by atoms with Crippen LogP contribution in [0.15, 0.2) is 45.7 Å². The molecule has 45 heavy (non-hydrogen) atoms. The molecule has 6 rings (SSSR count). The van der Waals surface area contributed by atoms with Crippen LogP contribution in [-0.2, 0) is 26.2 Å². The normalized spacial score (nSPS) is 19.9. The largest absolute Gasteiger partial charge is 0.483 e. The van der Waals surface area contributed by atoms with Crippen LogP contribution in [0.5, 0.6) is 0 Å². The van der Waals surface area contributed by atoms with Crippen LogP contribution in [0.3, 0.4) is 0 Å². The molecule has 2 aliphatic rings. The van der Waals surface area contributed by atoms with Crippen LogP contribution in [0, 0.1) is 5.92 Å². The zero-order valence-electron chi connectivity index (χ0n) is 25.8. The topological polar surface area (TPSA) is 142 Å². The van der Waals surface area contributed by atoms with E-state index in [1.165, 1.54) is 6.20 Å². The molecule has 0 saturated carbocycles. The van der Waals surface area contributed by atoms with Gasteiger partial charge in [0.15, 0.2) is 11.4 Å². The molecule has 0 radical (unpaired) electrons. The number of aromatic nitrogens is 3. The summed E-state index contributed by atoms with van der Waals surface area (Å²) in [4.78, 5) is 50.5. The highest BCUT2D eigenvalue weighted by Gasteiger charge is 2.40. The van der Waals surface area contributed by atoms with Gasteiger partial charge in [-0.05, 0) is 49.8 Å². The maximum Gasteiger partial charge on any atom is 0.290 e. The van der Waals surface area contributed by atoms with Crippen LogP contribution < -0.4 is 10.5 Å². The molecule has 2 saturated heterocycles. The maximum absolute atomic E-state index is 13.0. The molecule has 4 aromatic rings. The Kier molecular flexibility index (Phi) is 10.4. The van der Waals surface area contributed by atoms with E-state index in [9.17, 15) is 9.59 Å². The third-order valence-corrected chi connectivity index (χ3v) is 9.34. The number of anilines is 1. The fourth-order valence-electron chi connectivity index (χ4n) is 6.37. The van der Waals surface area contributed by atoms with E-state index in [2.05, 4.69) is 23.7 Å². The lowest BCUT2D eigenvalue weighted by molar-refractivity contribution is -0.134. The van der Waals surface area contributed by atoms with E-state index in [1.807, 2.05) is 29.2 Å². The third-order valence-electron chi connectivity index (χ3n) is 9.12. The number of carbonyl (C=O) groups excluding carboxylic acids is 1. The van der Waals surface area contributed by atoms with Crippen LogP contribution in [0.2, 0.25) is 5.02 Å². The second-order valence-corrected chi connectivity index (χ2v) is 12.4. The van der Waals surface area contributed by atoms with Crippen molar-refractivity contribution in [3.8, 4) is 0 Å². The number of aromatic amines is 1. The van der Waals surface area contributed by atoms with E-state index in [4.69, 9.17) is 40.6 Å². The van der Waals surface area contributed by atoms with E-state index < -0.39 is 0 Å². The number of pyridine rings is 1. The minimum Gasteiger partial charge on any atom is -0.483 e. The highest BCUT2D eigenvalue weighted by Crippen LogP contribution is 2.39. The Morgan fingerprint density at radius 2 is 1.98 bits per heavy atom. The van der Waals surface area contributed by atoms with Gasteiger partial charge in [-0.3, -0.25) is 14.4 Å². The van der Waals surface area contributed by atoms with Gasteiger partial charge in [0.1, 0.15) is 16.9 Å². The smallest absolute Gasteiger partial charge is 0.290 e. The second-order valence-electron chi connectivity index (χ2n) is 12.0. The number of benzene rings is 1. The van der Waals surface area contributed by atoms with Gasteiger partial charge < -0.3 is 29.0 Å². The van der Waals surface area contributed by atoms with Crippen LogP contribution in [0.4, 0.5) is 5.82 Å². The van der Waals surface area contributed by atoms with Crippen LogP contribution in [0.1, 0.15) is 57.3 Å². The molecule has 240 valence electrons. The number of hydrogen-bond donors (Lipinski definition) is 2. The summed E-state index contributed by atoms with van der Waals surface area (Å²) in [6.45, 7) is 8.12. The van der Waals surface area contributed by atoms with Crippen molar-refractivity contribution in [1.29, 1.82) is 0 Å². The van der Waals surface area contributed by atoms with E-state index in [0.717, 1.165) is 66.1 Å². The molecule has 3 aromatic heterocycles. The maximum atomic E-state index is 13.0. The summed E-state index contributed by atoms with van der Waals surface area (Å²) in [5.74, 6) is 1.88. The first-order valence-electron chi connectivity index (χ1n) is 15.5. The zero-order chi connectivity index (χ0) is 32.0. The van der Waals surface area contributed by atoms with Gasteiger partial charge in [0, 0.05) is 68.2 Å². The van der Waals surface area contributed by atoms with Crippen molar-refractivity contribution in [1.82, 2.24) is 19.9 Å². The van der Waals surface area contributed by atoms with E-state index in [1.54, 1.807) is 6.07 Å². The summed E-state index contributed by atoms with van der Waals surface area (Å²) in [7, 11) is 0. The number of para-hydroxylation sites is 1. The number of piperidine rings is 1. The van der Waals surface area contributed by atoms with Crippen molar-refractivity contribution in [2.45, 2.75) is 57.8 Å². The summed E-state index contributed by atoms with van der Waals surface area (Å²) in [6.07, 6.45) is 6.22. The Bertz CT molecular complexity index is 1700. The minimum atomic E-state index is -0.332. The summed E-state index contributed by atoms with van der Waals surface area (Å²) >= 11 is 6.17. The molecule has 0 spiro atoms. The molecule has 12 heteroatoms. The predicted octanol–water partition coefficient (Wildman–Crippen LogP) is 5.18. The fourth-order valence-corrected chi connectivity index (χ4v) is 6.53. The summed E-state index contributed by atoms with van der Waals surface area (Å²) < 4.78 is 12.1. The lowest BCUT2D eigenvalue weighted by Crippen LogP contribution is -2.51. The monoisotopic (exact) mass is 637 g/mol. The Balaban J connectivity index is 0.00000128. The van der Waals surface area contributed by atoms with Crippen molar-refractivity contribution in [3.63, 3.8) is 0 Å². The fraction of sp³-hybridized carbons (Fsp3) is 0.485. The van der Waals surface area contributed by atoms with Gasteiger partial charge in [0.05, 0.1) is 11.6 Å². The molecule has 0 bridgehead atoms. The first-order valence-corrected chi connectivity index (χ1v) is 15.9. The number of carbonyl (C=O) groups is 2. The van der Waals surface area contributed by atoms with E-state index in [0.29, 0.717) is 56.2 Å². The van der Waals surface area contributed by atoms with Gasteiger partial charge in [0.25, 0.3) is 12.0 Å². The number of amides is 1. The summed E-state index contributed by atoms with van der Waals surface area (Å²) in [5.41, 5.74) is 2.69. The van der Waals surface area contributed by atoms with Crippen molar-refractivity contribution >= 4 is 51.9 Å². The summed E-state index contributed by atoms with van der Waals surface area (Å²) in [5, 5.41) is 8.41. The van der Waals surface area contributed by atoms with E-state index >= 15 is 0 Å². The molecule has 1 unspecified atom stereocenters. The first-order chi connectivity index (χ1) is 21.7. The number of ether oxygens (including phenoxy) is 1. The van der Waals surface area contributed by atoms with Gasteiger partial charge in [-0.25, -0.2) is 9.97 Å². The SMILES string of the molecule is CC1CN(C(=O)CCCOCCc2nc(N3CCCC3)c3oc4ccccc4c3n2)CC[C@]1(C)c1cc(Cl)c[nH]c1=O.O=CO. The Labute approximate surface area is 266 Å². The van der Waals surface area contributed by atoms with Gasteiger partial charge in [0.2, 0.25) is 5.91 Å². The lowest BCUT2D eigenvalue weighted by Gasteiger charge is -2.44. The Hall–Kier alpha value is -3.96. The average Bonchev–Trinajstić information content (AvgIpc) is 3.70. The number of furan rings is 1. The zero-order valence-corrected chi connectivity index (χ0v) is 26.5. The van der Waals surface area contributed by atoms with Crippen LogP contribution in [0.25, 0.3) is 22.1 Å². The number of halogens is 1. The number of nitrogens with one attached hydrogen (secondary N) is 1. The molecule has 2 fully saturated rings. The average molecular weight is 638 g/mol. The molecule has 0 aliphatic carbocycles. The molecule has 1 amide bonds. The number of carboxylic acid groups (broad SMARTS) is 1. The third kappa shape index (κ3) is 7.15. The number of nitrogens with zero attached hydrogens (tertiary/aromatic N) is 4. The van der Waals surface area contributed by atoms with Crippen molar-refractivity contribution in [2.75, 3.05) is 44.3 Å². The molecule has 2 atom stereocenters. The number of fused-ring (bicyclic) bond motifs is 3. The van der Waals surface area contributed by atoms with Gasteiger partial charge in [-0.2, -0.15) is 0 Å². The second kappa shape index (κ2) is 14.4. The van der Waals surface area contributed by atoms with E-state index in [-0.39, 0.29) is 29.3 Å². The first kappa shape index (κ1) is 32.4. The number of rotatable bonds is 9. The number of hydrogen-bond acceptors (Lipinski definition) is 8. The highest BCUT2D eigenvalue weighted by molar-refractivity contribution is 6.30. The number of H-pyrrole nitrogens is 1. The number of likely N-dealkylation sites (tertiary alicyclic amines) is 1. The van der Waals surface area contributed by atoms with Crippen LogP contribution in [-0.4, -0.2) is 76.7 Å². The van der Waals surface area contributed by atoms with Crippen molar-refractivity contribution in [3.05, 3.63) is 63.3 Å². The quantitative estimate of drug-likeness (QED) is 0.187. The molecule has 1 aromatic carbocycles.